The van der Waals surface area contributed by atoms with Crippen LogP contribution < -0.4 is 4.31 Å². The maximum absolute atomic E-state index is 12.2. The van der Waals surface area contributed by atoms with Crippen molar-refractivity contribution in [3.8, 4) is 0 Å². The zero-order valence-electron chi connectivity index (χ0n) is 12.3. The Hall–Kier alpha value is -1.85. The lowest BCUT2D eigenvalue weighted by Gasteiger charge is -2.24. The molecular formula is C16H16ClNO3S. The lowest BCUT2D eigenvalue weighted by molar-refractivity contribution is 0.101. The second-order valence-corrected chi connectivity index (χ2v) is 7.29. The van der Waals surface area contributed by atoms with Crippen molar-refractivity contribution in [2.45, 2.75) is 13.5 Å². The number of Topliss-reactive ketones (excluding diaryl/α,β-unsaturated/α-hetero) is 1. The molecule has 0 atom stereocenters. The van der Waals surface area contributed by atoms with Crippen molar-refractivity contribution in [1.82, 2.24) is 0 Å². The molecule has 0 saturated heterocycles. The van der Waals surface area contributed by atoms with E-state index in [2.05, 4.69) is 0 Å². The summed E-state index contributed by atoms with van der Waals surface area (Å²) in [6.45, 7) is 1.58. The summed E-state index contributed by atoms with van der Waals surface area (Å²) in [7, 11) is -3.54. The van der Waals surface area contributed by atoms with Crippen LogP contribution in [0.15, 0.2) is 48.5 Å². The van der Waals surface area contributed by atoms with E-state index in [1.165, 1.54) is 23.4 Å². The zero-order valence-corrected chi connectivity index (χ0v) is 13.9. The molecule has 2 aromatic rings. The number of carbonyl (C=O) groups excluding carboxylic acids is 1. The maximum Gasteiger partial charge on any atom is 0.232 e. The van der Waals surface area contributed by atoms with Gasteiger partial charge in [0.1, 0.15) is 0 Å². The highest BCUT2D eigenvalue weighted by Crippen LogP contribution is 2.30. The molecule has 0 radical (unpaired) electrons. The number of ketones is 1. The van der Waals surface area contributed by atoms with Crippen molar-refractivity contribution in [2.24, 2.45) is 0 Å². The average Bonchev–Trinajstić information content (AvgIpc) is 2.45. The molecule has 0 aromatic heterocycles. The number of carbonyl (C=O) groups is 1. The van der Waals surface area contributed by atoms with E-state index in [9.17, 15) is 13.2 Å². The molecule has 0 N–H and O–H groups in total. The minimum Gasteiger partial charge on any atom is -0.295 e. The van der Waals surface area contributed by atoms with Crippen molar-refractivity contribution >= 4 is 33.1 Å². The minimum absolute atomic E-state index is 0.147. The molecule has 0 bridgehead atoms. The SMILES string of the molecule is CC(=O)c1ccc(Cl)c(N(Cc2ccccc2)S(C)(=O)=O)c1. The normalized spacial score (nSPS) is 11.2. The molecule has 0 aliphatic rings. The van der Waals surface area contributed by atoms with Gasteiger partial charge in [-0.3, -0.25) is 9.10 Å². The van der Waals surface area contributed by atoms with Gasteiger partial charge in [-0.15, -0.1) is 0 Å². The van der Waals surface area contributed by atoms with Crippen LogP contribution in [0.2, 0.25) is 5.02 Å². The third-order valence-electron chi connectivity index (χ3n) is 3.19. The summed E-state index contributed by atoms with van der Waals surface area (Å²) in [5.41, 5.74) is 1.55. The summed E-state index contributed by atoms with van der Waals surface area (Å²) in [6, 6.07) is 13.8. The predicted octanol–water partition coefficient (Wildman–Crippen LogP) is 3.51. The second kappa shape index (κ2) is 6.50. The standard InChI is InChI=1S/C16H16ClNO3S/c1-12(19)14-8-9-15(17)16(10-14)18(22(2,20)21)11-13-6-4-3-5-7-13/h3-10H,11H2,1-2H3. The summed E-state index contributed by atoms with van der Waals surface area (Å²) >= 11 is 6.15. The molecule has 0 aliphatic heterocycles. The summed E-state index contributed by atoms with van der Waals surface area (Å²) in [5, 5.41) is 0.284. The monoisotopic (exact) mass is 337 g/mol. The highest BCUT2D eigenvalue weighted by Gasteiger charge is 2.21. The first-order valence-corrected chi connectivity index (χ1v) is 8.84. The van der Waals surface area contributed by atoms with Gasteiger partial charge in [-0.2, -0.15) is 0 Å². The van der Waals surface area contributed by atoms with Crippen LogP contribution in [0.3, 0.4) is 0 Å². The van der Waals surface area contributed by atoms with Crippen LogP contribution in [0.5, 0.6) is 0 Å². The topological polar surface area (TPSA) is 54.5 Å². The highest BCUT2D eigenvalue weighted by molar-refractivity contribution is 7.92. The van der Waals surface area contributed by atoms with Gasteiger partial charge in [0.2, 0.25) is 10.0 Å². The Bertz CT molecular complexity index is 788. The van der Waals surface area contributed by atoms with Crippen LogP contribution in [0.25, 0.3) is 0 Å². The molecule has 0 saturated carbocycles. The van der Waals surface area contributed by atoms with Crippen LogP contribution >= 0.6 is 11.6 Å². The van der Waals surface area contributed by atoms with Gasteiger partial charge in [0, 0.05) is 5.56 Å². The number of hydrogen-bond donors (Lipinski definition) is 0. The zero-order chi connectivity index (χ0) is 16.3. The van der Waals surface area contributed by atoms with E-state index in [0.29, 0.717) is 11.3 Å². The Morgan fingerprint density at radius 3 is 2.32 bits per heavy atom. The van der Waals surface area contributed by atoms with Crippen LogP contribution in [-0.4, -0.2) is 20.5 Å². The first-order chi connectivity index (χ1) is 10.3. The fraction of sp³-hybridized carbons (Fsp3) is 0.188. The van der Waals surface area contributed by atoms with Gasteiger partial charge < -0.3 is 0 Å². The smallest absolute Gasteiger partial charge is 0.232 e. The number of rotatable bonds is 5. The van der Waals surface area contributed by atoms with Crippen LogP contribution in [0, 0.1) is 0 Å². The molecule has 0 amide bonds. The van der Waals surface area contributed by atoms with Crippen molar-refractivity contribution < 1.29 is 13.2 Å². The first kappa shape index (κ1) is 16.5. The summed E-state index contributed by atoms with van der Waals surface area (Å²) in [5.74, 6) is -0.147. The summed E-state index contributed by atoms with van der Waals surface area (Å²) in [4.78, 5) is 11.5. The molecule has 0 spiro atoms. The Balaban J connectivity index is 2.51. The van der Waals surface area contributed by atoms with Crippen molar-refractivity contribution in [1.29, 1.82) is 0 Å². The number of nitrogens with zero attached hydrogens (tertiary/aromatic N) is 1. The maximum atomic E-state index is 12.2. The molecule has 0 aliphatic carbocycles. The predicted molar refractivity (Wildman–Crippen MR) is 88.9 cm³/mol. The fourth-order valence-electron chi connectivity index (χ4n) is 2.05. The average molecular weight is 338 g/mol. The van der Waals surface area contributed by atoms with Crippen LogP contribution in [-0.2, 0) is 16.6 Å². The largest absolute Gasteiger partial charge is 0.295 e. The van der Waals surface area contributed by atoms with Gasteiger partial charge in [-0.25, -0.2) is 8.42 Å². The highest BCUT2D eigenvalue weighted by atomic mass is 35.5. The fourth-order valence-corrected chi connectivity index (χ4v) is 3.21. The summed E-state index contributed by atoms with van der Waals surface area (Å²) < 4.78 is 25.5. The number of anilines is 1. The lowest BCUT2D eigenvalue weighted by Crippen LogP contribution is -2.29. The minimum atomic E-state index is -3.54. The Labute approximate surface area is 135 Å². The van der Waals surface area contributed by atoms with Crippen molar-refractivity contribution in [3.05, 3.63) is 64.7 Å². The molecule has 2 aromatic carbocycles. The Morgan fingerprint density at radius 1 is 1.14 bits per heavy atom. The molecule has 0 unspecified atom stereocenters. The number of sulfonamides is 1. The van der Waals surface area contributed by atoms with Gasteiger partial charge in [0.05, 0.1) is 23.5 Å². The molecule has 0 heterocycles. The Morgan fingerprint density at radius 2 is 1.77 bits per heavy atom. The molecule has 22 heavy (non-hydrogen) atoms. The lowest BCUT2D eigenvalue weighted by atomic mass is 10.1. The van der Waals surface area contributed by atoms with Crippen molar-refractivity contribution in [2.75, 3.05) is 10.6 Å². The molecule has 2 rings (SSSR count). The number of benzene rings is 2. The quantitative estimate of drug-likeness (QED) is 0.784. The van der Waals surface area contributed by atoms with Gasteiger partial charge in [0.15, 0.2) is 5.78 Å². The van der Waals surface area contributed by atoms with E-state index in [0.717, 1.165) is 11.8 Å². The van der Waals surface area contributed by atoms with E-state index < -0.39 is 10.0 Å². The molecule has 0 fully saturated rings. The van der Waals surface area contributed by atoms with Crippen molar-refractivity contribution in [3.63, 3.8) is 0 Å². The molecule has 116 valence electrons. The van der Waals surface area contributed by atoms with E-state index in [4.69, 9.17) is 11.6 Å². The molecular weight excluding hydrogens is 322 g/mol. The van der Waals surface area contributed by atoms with Gasteiger partial charge in [-0.1, -0.05) is 41.9 Å². The van der Waals surface area contributed by atoms with E-state index in [1.54, 1.807) is 6.07 Å². The molecule has 4 nitrogen and oxygen atoms in total. The third kappa shape index (κ3) is 3.87. The number of halogens is 1. The first-order valence-electron chi connectivity index (χ1n) is 6.61. The van der Waals surface area contributed by atoms with Gasteiger partial charge in [0.25, 0.3) is 0 Å². The summed E-state index contributed by atoms with van der Waals surface area (Å²) in [6.07, 6.45) is 1.12. The van der Waals surface area contributed by atoms with E-state index in [1.807, 2.05) is 30.3 Å². The Kier molecular flexibility index (Phi) is 4.88. The molecule has 6 heteroatoms. The second-order valence-electron chi connectivity index (χ2n) is 4.98. The van der Waals surface area contributed by atoms with Gasteiger partial charge >= 0.3 is 0 Å². The van der Waals surface area contributed by atoms with Gasteiger partial charge in [-0.05, 0) is 30.7 Å². The number of hydrogen-bond acceptors (Lipinski definition) is 3. The van der Waals surface area contributed by atoms with E-state index >= 15 is 0 Å². The van der Waals surface area contributed by atoms with Crippen LogP contribution in [0.1, 0.15) is 22.8 Å². The van der Waals surface area contributed by atoms with Crippen LogP contribution in [0.4, 0.5) is 5.69 Å². The third-order valence-corrected chi connectivity index (χ3v) is 4.64. The van der Waals surface area contributed by atoms with E-state index in [-0.39, 0.29) is 17.4 Å².